The molecule has 0 radical (unpaired) electrons. The van der Waals surface area contributed by atoms with Gasteiger partial charge in [-0.15, -0.1) is 0 Å². The van der Waals surface area contributed by atoms with E-state index in [0.29, 0.717) is 17.9 Å². The number of rotatable bonds is 10. The number of nitrogens with one attached hydrogen (secondary N) is 1. The lowest BCUT2D eigenvalue weighted by Gasteiger charge is -2.59. The van der Waals surface area contributed by atoms with Crippen molar-refractivity contribution in [3.8, 4) is 11.5 Å². The van der Waals surface area contributed by atoms with Crippen molar-refractivity contribution in [3.63, 3.8) is 0 Å². The number of carbonyl (C=O) groups excluding carboxylic acids is 4. The lowest BCUT2D eigenvalue weighted by molar-refractivity contribution is -0.172. The fourth-order valence-corrected chi connectivity index (χ4v) is 7.31. The van der Waals surface area contributed by atoms with Gasteiger partial charge in [-0.3, -0.25) is 4.79 Å². The van der Waals surface area contributed by atoms with E-state index in [9.17, 15) is 24.3 Å². The summed E-state index contributed by atoms with van der Waals surface area (Å²) in [6.07, 6.45) is 1.41. The van der Waals surface area contributed by atoms with Crippen LogP contribution < -0.4 is 14.8 Å². The van der Waals surface area contributed by atoms with E-state index < -0.39 is 65.3 Å². The Morgan fingerprint density at radius 2 is 1.87 bits per heavy atom. The van der Waals surface area contributed by atoms with Gasteiger partial charge in [-0.05, 0) is 82.9 Å². The molecule has 12 heteroatoms. The molecule has 1 spiro atoms. The average Bonchev–Trinajstić information content (AvgIpc) is 3.31. The number of benzene rings is 1. The van der Waals surface area contributed by atoms with Gasteiger partial charge in [0.2, 0.25) is 0 Å². The number of esters is 3. The minimum Gasteiger partial charge on any atom is -0.493 e. The van der Waals surface area contributed by atoms with E-state index in [1.165, 1.54) is 6.92 Å². The Hall–Kier alpha value is -3.80. The molecular formula is C34H45NO11. The highest BCUT2D eigenvalue weighted by molar-refractivity contribution is 5.88. The third-order valence-electron chi connectivity index (χ3n) is 9.24. The van der Waals surface area contributed by atoms with Gasteiger partial charge in [0.15, 0.2) is 23.7 Å². The van der Waals surface area contributed by atoms with Crippen molar-refractivity contribution in [2.24, 2.45) is 11.8 Å². The molecule has 0 saturated heterocycles. The first-order valence-electron chi connectivity index (χ1n) is 16.0. The molecule has 2 N–H and O–H groups in total. The first-order valence-corrected chi connectivity index (χ1v) is 16.0. The van der Waals surface area contributed by atoms with Crippen LogP contribution >= 0.6 is 0 Å². The average molecular weight is 644 g/mol. The Balaban J connectivity index is 1.32. The van der Waals surface area contributed by atoms with Crippen LogP contribution in [-0.4, -0.2) is 72.3 Å². The van der Waals surface area contributed by atoms with Crippen LogP contribution in [0.4, 0.5) is 4.79 Å². The van der Waals surface area contributed by atoms with Gasteiger partial charge >= 0.3 is 24.0 Å². The van der Waals surface area contributed by atoms with Crippen LogP contribution in [0.5, 0.6) is 11.5 Å². The summed E-state index contributed by atoms with van der Waals surface area (Å²) >= 11 is 0. The lowest BCUT2D eigenvalue weighted by Crippen LogP contribution is -2.67. The molecule has 1 aliphatic heterocycles. The van der Waals surface area contributed by atoms with E-state index in [-0.39, 0.29) is 30.6 Å². The van der Waals surface area contributed by atoms with Crippen molar-refractivity contribution < 1.29 is 52.7 Å². The second kappa shape index (κ2) is 12.4. The SMILES string of the molecule is COc1ccc2c3c1O[C@H]1C(OC(=O)[C@H](C)OC(=O)[C@H](CC(=O)OCC(C)C)NC(=O)OC(C)(C)C)=CC[C@@]4(O)[C@H](CCC[C@]314)C2. The molecule has 252 valence electrons. The Morgan fingerprint density at radius 1 is 1.13 bits per heavy atom. The number of methoxy groups -OCH3 is 1. The van der Waals surface area contributed by atoms with E-state index in [4.69, 9.17) is 28.4 Å². The topological polar surface area (TPSA) is 156 Å². The Labute approximate surface area is 269 Å². The van der Waals surface area contributed by atoms with Crippen molar-refractivity contribution in [2.45, 2.75) is 115 Å². The molecule has 6 atom stereocenters. The summed E-state index contributed by atoms with van der Waals surface area (Å²) < 4.78 is 33.8. The van der Waals surface area contributed by atoms with Gasteiger partial charge in [0.05, 0.1) is 31.2 Å². The normalized spacial score (nSPS) is 26.8. The summed E-state index contributed by atoms with van der Waals surface area (Å²) in [7, 11) is 1.56. The molecular weight excluding hydrogens is 598 g/mol. The standard InChI is InChI=1S/C34H45NO11/c1-18(2)17-42-25(36)16-22(35-31(39)46-32(4,5)6)30(38)43-19(3)29(37)44-24-12-14-34(40)21-9-8-13-33(34)26-20(15-21)10-11-23(41-7)27(26)45-28(24)33/h10-12,18-19,21-22,28,40H,8-9,13-17H2,1-7H3,(H,35,39)/t19-,21+,22-,28-,33-,34+/m0/s1. The number of carbonyl (C=O) groups is 4. The Morgan fingerprint density at radius 3 is 2.54 bits per heavy atom. The zero-order chi connectivity index (χ0) is 33.6. The Bertz CT molecular complexity index is 1430. The third kappa shape index (κ3) is 6.03. The molecule has 5 rings (SSSR count). The smallest absolute Gasteiger partial charge is 0.408 e. The van der Waals surface area contributed by atoms with Crippen molar-refractivity contribution in [1.82, 2.24) is 5.32 Å². The van der Waals surface area contributed by atoms with Crippen LogP contribution in [0.3, 0.4) is 0 Å². The minimum absolute atomic E-state index is 0.0224. The largest absolute Gasteiger partial charge is 0.493 e. The molecule has 3 aliphatic carbocycles. The number of ether oxygens (including phenoxy) is 6. The van der Waals surface area contributed by atoms with Gasteiger partial charge in [-0.1, -0.05) is 26.3 Å². The van der Waals surface area contributed by atoms with Crippen LogP contribution in [0.15, 0.2) is 24.0 Å². The maximum absolute atomic E-state index is 13.4. The van der Waals surface area contributed by atoms with Crippen molar-refractivity contribution in [2.75, 3.05) is 13.7 Å². The zero-order valence-corrected chi connectivity index (χ0v) is 27.6. The summed E-state index contributed by atoms with van der Waals surface area (Å²) in [5.41, 5.74) is -0.762. The number of hydrogen-bond acceptors (Lipinski definition) is 11. The highest BCUT2D eigenvalue weighted by Crippen LogP contribution is 2.67. The predicted octanol–water partition coefficient (Wildman–Crippen LogP) is 4.03. The van der Waals surface area contributed by atoms with Gasteiger partial charge in [0, 0.05) is 5.56 Å². The van der Waals surface area contributed by atoms with Crippen LogP contribution in [-0.2, 0) is 45.2 Å². The van der Waals surface area contributed by atoms with Crippen LogP contribution in [0.2, 0.25) is 0 Å². The molecule has 12 nitrogen and oxygen atoms in total. The van der Waals surface area contributed by atoms with Gasteiger partial charge in [-0.2, -0.15) is 0 Å². The summed E-state index contributed by atoms with van der Waals surface area (Å²) in [5, 5.41) is 14.6. The zero-order valence-electron chi connectivity index (χ0n) is 27.6. The molecule has 0 unspecified atom stereocenters. The van der Waals surface area contributed by atoms with Gasteiger partial charge in [0.25, 0.3) is 0 Å². The quantitative estimate of drug-likeness (QED) is 0.280. The monoisotopic (exact) mass is 643 g/mol. The van der Waals surface area contributed by atoms with E-state index >= 15 is 0 Å². The number of alkyl carbamates (subject to hydrolysis) is 1. The maximum Gasteiger partial charge on any atom is 0.408 e. The van der Waals surface area contributed by atoms with Gasteiger partial charge < -0.3 is 38.8 Å². The molecule has 1 saturated carbocycles. The fraction of sp³-hybridized carbons (Fsp3) is 0.647. The number of hydrogen-bond donors (Lipinski definition) is 2. The second-order valence-electron chi connectivity index (χ2n) is 14.1. The molecule has 1 fully saturated rings. The van der Waals surface area contributed by atoms with Crippen molar-refractivity contribution in [1.29, 1.82) is 0 Å². The molecule has 46 heavy (non-hydrogen) atoms. The van der Waals surface area contributed by atoms with Gasteiger partial charge in [-0.25, -0.2) is 14.4 Å². The van der Waals surface area contributed by atoms with Crippen molar-refractivity contribution in [3.05, 3.63) is 35.1 Å². The number of amides is 1. The van der Waals surface area contributed by atoms with E-state index in [2.05, 4.69) is 5.32 Å². The van der Waals surface area contributed by atoms with Gasteiger partial charge in [0.1, 0.15) is 17.4 Å². The van der Waals surface area contributed by atoms with Crippen LogP contribution in [0, 0.1) is 11.8 Å². The molecule has 1 aromatic rings. The van der Waals surface area contributed by atoms with Crippen molar-refractivity contribution >= 4 is 24.0 Å². The molecule has 1 amide bonds. The highest BCUT2D eigenvalue weighted by Gasteiger charge is 2.71. The molecule has 0 aromatic heterocycles. The van der Waals surface area contributed by atoms with E-state index in [1.54, 1.807) is 34.0 Å². The summed E-state index contributed by atoms with van der Waals surface area (Å²) in [6, 6.07) is 2.40. The van der Waals surface area contributed by atoms with E-state index in [1.807, 2.05) is 26.0 Å². The third-order valence-corrected chi connectivity index (χ3v) is 9.24. The first kappa shape index (κ1) is 33.6. The maximum atomic E-state index is 13.4. The molecule has 4 aliphatic rings. The minimum atomic E-state index is -1.48. The molecule has 1 heterocycles. The van der Waals surface area contributed by atoms with Crippen LogP contribution in [0.1, 0.15) is 84.8 Å². The van der Waals surface area contributed by atoms with Crippen LogP contribution in [0.25, 0.3) is 0 Å². The highest BCUT2D eigenvalue weighted by atomic mass is 16.6. The Kier molecular flexibility index (Phi) is 9.07. The fourth-order valence-electron chi connectivity index (χ4n) is 7.31. The lowest BCUT2D eigenvalue weighted by atomic mass is 9.47. The predicted molar refractivity (Wildman–Crippen MR) is 163 cm³/mol. The summed E-state index contributed by atoms with van der Waals surface area (Å²) in [4.78, 5) is 51.5. The molecule has 1 aromatic carbocycles. The molecule has 2 bridgehead atoms. The first-order chi connectivity index (χ1) is 21.6. The summed E-state index contributed by atoms with van der Waals surface area (Å²) in [5.74, 6) is -1.25. The van der Waals surface area contributed by atoms with E-state index in [0.717, 1.165) is 30.4 Å². The second-order valence-corrected chi connectivity index (χ2v) is 14.1. The number of aliphatic hydroxyl groups is 1. The summed E-state index contributed by atoms with van der Waals surface area (Å²) in [6.45, 7) is 10.1.